The van der Waals surface area contributed by atoms with Gasteiger partial charge in [0.25, 0.3) is 5.91 Å². The van der Waals surface area contributed by atoms with Gasteiger partial charge in [0.2, 0.25) is 5.76 Å². The van der Waals surface area contributed by atoms with Gasteiger partial charge in [-0.15, -0.1) is 0 Å². The number of furan rings is 1. The second kappa shape index (κ2) is 5.17. The summed E-state index contributed by atoms with van der Waals surface area (Å²) in [7, 11) is 3.49. The Morgan fingerprint density at radius 2 is 1.95 bits per heavy atom. The normalized spacial score (nSPS) is 15.6. The molecule has 1 aromatic heterocycles. The molecule has 20 heavy (non-hydrogen) atoms. The Bertz CT molecular complexity index is 627. The van der Waals surface area contributed by atoms with E-state index >= 15 is 0 Å². The van der Waals surface area contributed by atoms with Crippen LogP contribution in [0.1, 0.15) is 10.6 Å². The number of carbonyl (C=O) groups is 1. The fourth-order valence-electron chi connectivity index (χ4n) is 2.58. The van der Waals surface area contributed by atoms with Gasteiger partial charge in [-0.2, -0.15) is 0 Å². The van der Waals surface area contributed by atoms with Gasteiger partial charge in [0.05, 0.1) is 5.69 Å². The third-order valence-corrected chi connectivity index (χ3v) is 3.60. The van der Waals surface area contributed by atoms with Crippen molar-refractivity contribution in [2.45, 2.75) is 0 Å². The minimum atomic E-state index is -0.0882. The van der Waals surface area contributed by atoms with E-state index in [4.69, 9.17) is 4.42 Å². The number of carbonyl (C=O) groups excluding carboxylic acids is 1. The minimum Gasteiger partial charge on any atom is -0.449 e. The lowest BCUT2D eigenvalue weighted by Gasteiger charge is -2.29. The lowest BCUT2D eigenvalue weighted by molar-refractivity contribution is 0.0800. The topological polar surface area (TPSA) is 48.7 Å². The average Bonchev–Trinajstić information content (AvgIpc) is 2.86. The van der Waals surface area contributed by atoms with Gasteiger partial charge < -0.3 is 19.5 Å². The van der Waals surface area contributed by atoms with Crippen LogP contribution in [0.2, 0.25) is 0 Å². The molecule has 5 nitrogen and oxygen atoms in total. The average molecular weight is 273 g/mol. The summed E-state index contributed by atoms with van der Waals surface area (Å²) in [6.07, 6.45) is 0. The summed E-state index contributed by atoms with van der Waals surface area (Å²) in [6, 6.07) is 7.83. The molecule has 0 bridgehead atoms. The van der Waals surface area contributed by atoms with Crippen LogP contribution in [0.15, 0.2) is 28.7 Å². The lowest BCUT2D eigenvalue weighted by Crippen LogP contribution is -2.44. The predicted molar refractivity (Wildman–Crippen MR) is 79.3 cm³/mol. The Morgan fingerprint density at radius 1 is 1.25 bits per heavy atom. The maximum absolute atomic E-state index is 12.4. The third kappa shape index (κ3) is 2.14. The zero-order valence-corrected chi connectivity index (χ0v) is 11.8. The molecule has 1 fully saturated rings. The number of benzene rings is 1. The molecular formula is C15H19N3O2. The van der Waals surface area contributed by atoms with Crippen molar-refractivity contribution in [2.24, 2.45) is 0 Å². The second-order valence-electron chi connectivity index (χ2n) is 5.21. The molecule has 1 aliphatic rings. The largest absolute Gasteiger partial charge is 0.449 e. The molecular weight excluding hydrogens is 254 g/mol. The fourth-order valence-corrected chi connectivity index (χ4v) is 2.58. The van der Waals surface area contributed by atoms with E-state index in [1.165, 1.54) is 0 Å². The second-order valence-corrected chi connectivity index (χ2v) is 5.21. The molecule has 1 saturated heterocycles. The van der Waals surface area contributed by atoms with Crippen LogP contribution in [-0.4, -0.2) is 51.1 Å². The summed E-state index contributed by atoms with van der Waals surface area (Å²) in [5.41, 5.74) is 1.70. The first-order valence-corrected chi connectivity index (χ1v) is 6.87. The summed E-state index contributed by atoms with van der Waals surface area (Å²) in [6.45, 7) is 3.62. The number of nitrogens with one attached hydrogen (secondary N) is 1. The van der Waals surface area contributed by atoms with E-state index in [2.05, 4.69) is 10.2 Å². The number of rotatable bonds is 2. The number of hydrogen-bond acceptors (Lipinski definition) is 4. The Balaban J connectivity index is 2.14. The van der Waals surface area contributed by atoms with Gasteiger partial charge in [-0.05, 0) is 12.1 Å². The van der Waals surface area contributed by atoms with Gasteiger partial charge in [-0.25, -0.2) is 0 Å². The van der Waals surface area contributed by atoms with Gasteiger partial charge in [-0.1, -0.05) is 12.1 Å². The molecule has 0 aliphatic carbocycles. The first-order chi connectivity index (χ1) is 9.68. The van der Waals surface area contributed by atoms with E-state index < -0.39 is 0 Å². The Morgan fingerprint density at radius 3 is 2.65 bits per heavy atom. The lowest BCUT2D eigenvalue weighted by atomic mass is 10.1. The zero-order valence-electron chi connectivity index (χ0n) is 11.8. The summed E-state index contributed by atoms with van der Waals surface area (Å²) < 4.78 is 5.82. The van der Waals surface area contributed by atoms with Crippen LogP contribution >= 0.6 is 0 Å². The van der Waals surface area contributed by atoms with Crippen LogP contribution in [0.25, 0.3) is 11.0 Å². The van der Waals surface area contributed by atoms with Crippen LogP contribution in [0, 0.1) is 0 Å². The Kier molecular flexibility index (Phi) is 3.36. The number of anilines is 1. The number of fused-ring (bicyclic) bond motifs is 1. The van der Waals surface area contributed by atoms with E-state index in [-0.39, 0.29) is 5.91 Å². The Hall–Kier alpha value is -2.01. The molecule has 0 spiro atoms. The van der Waals surface area contributed by atoms with Crippen LogP contribution < -0.4 is 10.2 Å². The van der Waals surface area contributed by atoms with E-state index in [0.29, 0.717) is 5.76 Å². The summed E-state index contributed by atoms with van der Waals surface area (Å²) >= 11 is 0. The van der Waals surface area contributed by atoms with Crippen molar-refractivity contribution in [1.29, 1.82) is 0 Å². The van der Waals surface area contributed by atoms with Gasteiger partial charge in [0.1, 0.15) is 5.58 Å². The van der Waals surface area contributed by atoms with Crippen molar-refractivity contribution in [2.75, 3.05) is 45.2 Å². The standard InChI is InChI=1S/C15H19N3O2/c1-17(2)15(19)14-13(18-9-7-16-8-10-18)11-5-3-4-6-12(11)20-14/h3-6,16H,7-10H2,1-2H3. The van der Waals surface area contributed by atoms with E-state index in [9.17, 15) is 4.79 Å². The smallest absolute Gasteiger partial charge is 0.291 e. The number of para-hydroxylation sites is 1. The van der Waals surface area contributed by atoms with E-state index in [0.717, 1.165) is 42.8 Å². The molecule has 1 aliphatic heterocycles. The number of amides is 1. The molecule has 106 valence electrons. The van der Waals surface area contributed by atoms with Crippen LogP contribution in [0.5, 0.6) is 0 Å². The molecule has 0 saturated carbocycles. The summed E-state index contributed by atoms with van der Waals surface area (Å²) in [4.78, 5) is 16.2. The number of nitrogens with zero attached hydrogens (tertiary/aromatic N) is 2. The first kappa shape index (κ1) is 13.0. The maximum atomic E-state index is 12.4. The van der Waals surface area contributed by atoms with Crippen molar-refractivity contribution in [1.82, 2.24) is 10.2 Å². The van der Waals surface area contributed by atoms with Crippen molar-refractivity contribution in [3.8, 4) is 0 Å². The molecule has 2 aromatic rings. The van der Waals surface area contributed by atoms with Gasteiger partial charge >= 0.3 is 0 Å². The maximum Gasteiger partial charge on any atom is 0.291 e. The molecule has 3 rings (SSSR count). The van der Waals surface area contributed by atoms with Crippen molar-refractivity contribution in [3.05, 3.63) is 30.0 Å². The van der Waals surface area contributed by atoms with Crippen LogP contribution in [-0.2, 0) is 0 Å². The summed E-state index contributed by atoms with van der Waals surface area (Å²) in [5, 5.41) is 4.34. The van der Waals surface area contributed by atoms with Crippen molar-refractivity contribution < 1.29 is 9.21 Å². The van der Waals surface area contributed by atoms with Crippen LogP contribution in [0.4, 0.5) is 5.69 Å². The van der Waals surface area contributed by atoms with Gasteiger partial charge in [-0.3, -0.25) is 4.79 Å². The molecule has 0 atom stereocenters. The highest BCUT2D eigenvalue weighted by Gasteiger charge is 2.26. The monoisotopic (exact) mass is 273 g/mol. The number of piperazine rings is 1. The van der Waals surface area contributed by atoms with Crippen molar-refractivity contribution in [3.63, 3.8) is 0 Å². The van der Waals surface area contributed by atoms with E-state index in [1.807, 2.05) is 24.3 Å². The highest BCUT2D eigenvalue weighted by Crippen LogP contribution is 2.34. The predicted octanol–water partition coefficient (Wildman–Crippen LogP) is 1.54. The molecule has 1 amide bonds. The molecule has 2 heterocycles. The summed E-state index contributed by atoms with van der Waals surface area (Å²) in [5.74, 6) is 0.354. The quantitative estimate of drug-likeness (QED) is 0.902. The molecule has 0 radical (unpaired) electrons. The van der Waals surface area contributed by atoms with Crippen molar-refractivity contribution >= 4 is 22.6 Å². The minimum absolute atomic E-state index is 0.0882. The molecule has 0 unspecified atom stereocenters. The molecule has 1 N–H and O–H groups in total. The SMILES string of the molecule is CN(C)C(=O)c1oc2ccccc2c1N1CCNCC1. The zero-order chi connectivity index (χ0) is 14.1. The fraction of sp³-hybridized carbons (Fsp3) is 0.400. The number of hydrogen-bond donors (Lipinski definition) is 1. The third-order valence-electron chi connectivity index (χ3n) is 3.60. The first-order valence-electron chi connectivity index (χ1n) is 6.87. The molecule has 5 heteroatoms. The van der Waals surface area contributed by atoms with Gasteiger partial charge in [0, 0.05) is 45.7 Å². The van der Waals surface area contributed by atoms with Crippen LogP contribution in [0.3, 0.4) is 0 Å². The highest BCUT2D eigenvalue weighted by atomic mass is 16.3. The Labute approximate surface area is 118 Å². The highest BCUT2D eigenvalue weighted by molar-refractivity contribution is 6.06. The van der Waals surface area contributed by atoms with E-state index in [1.54, 1.807) is 19.0 Å². The molecule has 1 aromatic carbocycles. The van der Waals surface area contributed by atoms with Gasteiger partial charge in [0.15, 0.2) is 0 Å².